The predicted molar refractivity (Wildman–Crippen MR) is 100 cm³/mol. The van der Waals surface area contributed by atoms with Crippen LogP contribution in [0.4, 0.5) is 11.4 Å². The number of aromatic nitrogens is 1. The van der Waals surface area contributed by atoms with Gasteiger partial charge in [-0.25, -0.2) is 0 Å². The first-order valence-electron chi connectivity index (χ1n) is 8.06. The number of benzene rings is 1. The van der Waals surface area contributed by atoms with E-state index in [1.165, 1.54) is 6.20 Å². The lowest BCUT2D eigenvalue weighted by atomic mass is 10.1. The van der Waals surface area contributed by atoms with Gasteiger partial charge in [-0.05, 0) is 30.3 Å². The molecule has 134 valence electrons. The fourth-order valence-electron chi connectivity index (χ4n) is 2.73. The lowest BCUT2D eigenvalue weighted by Crippen LogP contribution is -2.37. The van der Waals surface area contributed by atoms with Crippen molar-refractivity contribution in [2.75, 3.05) is 23.3 Å². The van der Waals surface area contributed by atoms with E-state index >= 15 is 0 Å². The third kappa shape index (κ3) is 4.45. The Morgan fingerprint density at radius 1 is 1.27 bits per heavy atom. The quantitative estimate of drug-likeness (QED) is 0.778. The summed E-state index contributed by atoms with van der Waals surface area (Å²) in [6.07, 6.45) is 3.25. The number of nitrogens with one attached hydrogen (secondary N) is 2. The molecule has 1 aromatic heterocycles. The molecule has 2 aromatic rings. The molecule has 1 aliphatic rings. The van der Waals surface area contributed by atoms with Crippen molar-refractivity contribution in [3.63, 3.8) is 0 Å². The van der Waals surface area contributed by atoms with E-state index in [1.54, 1.807) is 23.2 Å². The summed E-state index contributed by atoms with van der Waals surface area (Å²) in [5.74, 6) is -1.24. The first kappa shape index (κ1) is 18.1. The standard InChI is InChI=1S/C18H17BrN4O3/c19-13-3-1-5-15(8-13)23-11-12(7-17(23)25)18(26)21-10-16(24)22-14-4-2-6-20-9-14/h1-6,8-9,12H,7,10-11H2,(H,21,26)(H,22,24). The summed E-state index contributed by atoms with van der Waals surface area (Å²) in [5, 5.41) is 5.23. The number of amides is 3. The van der Waals surface area contributed by atoms with Gasteiger partial charge in [0.2, 0.25) is 17.7 Å². The van der Waals surface area contributed by atoms with Crippen LogP contribution in [0, 0.1) is 5.92 Å². The largest absolute Gasteiger partial charge is 0.347 e. The molecule has 1 saturated heterocycles. The van der Waals surface area contributed by atoms with Crippen molar-refractivity contribution in [2.24, 2.45) is 5.92 Å². The molecular formula is C18H17BrN4O3. The van der Waals surface area contributed by atoms with Crippen molar-refractivity contribution in [3.8, 4) is 0 Å². The third-order valence-corrected chi connectivity index (χ3v) is 4.48. The molecule has 0 radical (unpaired) electrons. The van der Waals surface area contributed by atoms with Gasteiger partial charge in [-0.15, -0.1) is 0 Å². The molecule has 26 heavy (non-hydrogen) atoms. The van der Waals surface area contributed by atoms with E-state index in [9.17, 15) is 14.4 Å². The fourth-order valence-corrected chi connectivity index (χ4v) is 3.12. The maximum absolute atomic E-state index is 12.3. The highest BCUT2D eigenvalue weighted by molar-refractivity contribution is 9.10. The van der Waals surface area contributed by atoms with Crippen LogP contribution in [0.5, 0.6) is 0 Å². The number of anilines is 2. The normalized spacial score (nSPS) is 16.4. The molecule has 2 heterocycles. The number of hydrogen-bond donors (Lipinski definition) is 2. The van der Waals surface area contributed by atoms with Crippen molar-refractivity contribution in [2.45, 2.75) is 6.42 Å². The molecule has 0 spiro atoms. The van der Waals surface area contributed by atoms with Crippen LogP contribution in [0.1, 0.15) is 6.42 Å². The van der Waals surface area contributed by atoms with Crippen LogP contribution >= 0.6 is 15.9 Å². The van der Waals surface area contributed by atoms with Crippen LogP contribution in [0.25, 0.3) is 0 Å². The Balaban J connectivity index is 1.52. The van der Waals surface area contributed by atoms with E-state index in [-0.39, 0.29) is 30.7 Å². The zero-order valence-electron chi connectivity index (χ0n) is 13.8. The van der Waals surface area contributed by atoms with E-state index in [4.69, 9.17) is 0 Å². The molecule has 3 amide bonds. The third-order valence-electron chi connectivity index (χ3n) is 3.98. The second-order valence-corrected chi connectivity index (χ2v) is 6.81. The maximum Gasteiger partial charge on any atom is 0.243 e. The first-order valence-corrected chi connectivity index (χ1v) is 8.86. The van der Waals surface area contributed by atoms with Gasteiger partial charge in [0.05, 0.1) is 24.3 Å². The van der Waals surface area contributed by atoms with Gasteiger partial charge in [-0.2, -0.15) is 0 Å². The highest BCUT2D eigenvalue weighted by atomic mass is 79.9. The molecule has 0 bridgehead atoms. The van der Waals surface area contributed by atoms with E-state index in [1.807, 2.05) is 24.3 Å². The average Bonchev–Trinajstić information content (AvgIpc) is 3.02. The molecule has 3 rings (SSSR count). The Morgan fingerprint density at radius 2 is 2.12 bits per heavy atom. The maximum atomic E-state index is 12.3. The molecule has 2 N–H and O–H groups in total. The number of hydrogen-bond acceptors (Lipinski definition) is 4. The van der Waals surface area contributed by atoms with Crippen molar-refractivity contribution >= 4 is 45.0 Å². The molecular weight excluding hydrogens is 400 g/mol. The van der Waals surface area contributed by atoms with Gasteiger partial charge in [-0.3, -0.25) is 19.4 Å². The van der Waals surface area contributed by atoms with Crippen LogP contribution in [0.3, 0.4) is 0 Å². The number of carbonyl (C=O) groups excluding carboxylic acids is 3. The lowest BCUT2D eigenvalue weighted by Gasteiger charge is -2.17. The Hall–Kier alpha value is -2.74. The van der Waals surface area contributed by atoms with Gasteiger partial charge in [0.1, 0.15) is 0 Å². The van der Waals surface area contributed by atoms with Crippen molar-refractivity contribution in [1.82, 2.24) is 10.3 Å². The predicted octanol–water partition coefficient (Wildman–Crippen LogP) is 1.95. The SMILES string of the molecule is O=C(CNC(=O)C1CC(=O)N(c2cccc(Br)c2)C1)Nc1cccnc1. The Morgan fingerprint density at radius 3 is 2.85 bits per heavy atom. The summed E-state index contributed by atoms with van der Waals surface area (Å²) in [6.45, 7) is 0.140. The monoisotopic (exact) mass is 416 g/mol. The summed E-state index contributed by atoms with van der Waals surface area (Å²) in [7, 11) is 0. The summed E-state index contributed by atoms with van der Waals surface area (Å²) in [5.41, 5.74) is 1.30. The van der Waals surface area contributed by atoms with E-state index < -0.39 is 5.92 Å². The van der Waals surface area contributed by atoms with Gasteiger partial charge in [0.25, 0.3) is 0 Å². The molecule has 1 aliphatic heterocycles. The van der Waals surface area contributed by atoms with Crippen LogP contribution < -0.4 is 15.5 Å². The minimum Gasteiger partial charge on any atom is -0.347 e. The summed E-state index contributed by atoms with van der Waals surface area (Å²) < 4.78 is 0.864. The van der Waals surface area contributed by atoms with Crippen LogP contribution in [-0.4, -0.2) is 35.8 Å². The molecule has 1 atom stereocenters. The Kier molecular flexibility index (Phi) is 5.62. The molecule has 0 aliphatic carbocycles. The smallest absolute Gasteiger partial charge is 0.243 e. The topological polar surface area (TPSA) is 91.4 Å². The average molecular weight is 417 g/mol. The second kappa shape index (κ2) is 8.09. The van der Waals surface area contributed by atoms with Crippen molar-refractivity contribution in [3.05, 3.63) is 53.3 Å². The van der Waals surface area contributed by atoms with Crippen LogP contribution in [0.15, 0.2) is 53.3 Å². The highest BCUT2D eigenvalue weighted by Gasteiger charge is 2.35. The van der Waals surface area contributed by atoms with Crippen LogP contribution in [0.2, 0.25) is 0 Å². The van der Waals surface area contributed by atoms with Gasteiger partial charge in [0.15, 0.2) is 0 Å². The number of rotatable bonds is 5. The zero-order chi connectivity index (χ0) is 18.5. The molecule has 0 saturated carbocycles. The van der Waals surface area contributed by atoms with E-state index in [2.05, 4.69) is 31.5 Å². The number of nitrogens with zero attached hydrogens (tertiary/aromatic N) is 2. The van der Waals surface area contributed by atoms with Crippen molar-refractivity contribution in [1.29, 1.82) is 0 Å². The number of halogens is 1. The van der Waals surface area contributed by atoms with Gasteiger partial charge >= 0.3 is 0 Å². The second-order valence-electron chi connectivity index (χ2n) is 5.89. The minimum atomic E-state index is -0.479. The molecule has 7 nitrogen and oxygen atoms in total. The molecule has 1 unspecified atom stereocenters. The molecule has 8 heteroatoms. The number of pyridine rings is 1. The van der Waals surface area contributed by atoms with Crippen LogP contribution in [-0.2, 0) is 14.4 Å². The van der Waals surface area contributed by atoms with Gasteiger partial charge in [-0.1, -0.05) is 22.0 Å². The summed E-state index contributed by atoms with van der Waals surface area (Å²) >= 11 is 3.38. The van der Waals surface area contributed by atoms with Crippen molar-refractivity contribution < 1.29 is 14.4 Å². The first-order chi connectivity index (χ1) is 12.5. The highest BCUT2D eigenvalue weighted by Crippen LogP contribution is 2.27. The number of carbonyl (C=O) groups is 3. The van der Waals surface area contributed by atoms with Gasteiger partial charge < -0.3 is 15.5 Å². The molecule has 1 aromatic carbocycles. The van der Waals surface area contributed by atoms with E-state index in [0.29, 0.717) is 12.2 Å². The van der Waals surface area contributed by atoms with Gasteiger partial charge in [0, 0.05) is 29.3 Å². The Labute approximate surface area is 158 Å². The lowest BCUT2D eigenvalue weighted by molar-refractivity contribution is -0.127. The zero-order valence-corrected chi connectivity index (χ0v) is 15.4. The van der Waals surface area contributed by atoms with E-state index in [0.717, 1.165) is 10.2 Å². The fraction of sp³-hybridized carbons (Fsp3) is 0.222. The summed E-state index contributed by atoms with van der Waals surface area (Å²) in [4.78, 5) is 41.9. The Bertz CT molecular complexity index is 828. The summed E-state index contributed by atoms with van der Waals surface area (Å²) in [6, 6.07) is 10.8. The minimum absolute atomic E-state index is 0.108. The molecule has 1 fully saturated rings.